The monoisotopic (exact) mass is 423 g/mol. The van der Waals surface area contributed by atoms with Crippen LogP contribution >= 0.6 is 0 Å². The molecular weight excluding hydrogens is 386 g/mol. The largest absolute Gasteiger partial charge is 0.352 e. The fourth-order valence-corrected chi connectivity index (χ4v) is 5.60. The first-order valence-electron chi connectivity index (χ1n) is 10.7. The van der Waals surface area contributed by atoms with Gasteiger partial charge >= 0.3 is 0 Å². The average Bonchev–Trinajstić information content (AvgIpc) is 2.66. The number of piperidine rings is 1. The highest BCUT2D eigenvalue weighted by atomic mass is 32.2. The molecule has 0 saturated carbocycles. The molecule has 6 nitrogen and oxygen atoms in total. The summed E-state index contributed by atoms with van der Waals surface area (Å²) in [7, 11) is -3.49. The molecule has 1 fully saturated rings. The molecule has 1 amide bonds. The van der Waals surface area contributed by atoms with Crippen molar-refractivity contribution >= 4 is 16.1 Å². The van der Waals surface area contributed by atoms with Crippen LogP contribution in [0.4, 0.5) is 0 Å². The fraction of sp³-hybridized carbons (Fsp3) is 0.682. The van der Waals surface area contributed by atoms with Gasteiger partial charge in [-0.25, -0.2) is 0 Å². The second kappa shape index (κ2) is 10.5. The van der Waals surface area contributed by atoms with Gasteiger partial charge in [-0.2, -0.15) is 17.0 Å². The zero-order valence-electron chi connectivity index (χ0n) is 18.5. The van der Waals surface area contributed by atoms with Gasteiger partial charge in [-0.05, 0) is 37.2 Å². The predicted octanol–water partition coefficient (Wildman–Crippen LogP) is 3.18. The summed E-state index contributed by atoms with van der Waals surface area (Å²) in [6, 6.07) is 8.10. The van der Waals surface area contributed by atoms with E-state index in [1.54, 1.807) is 8.61 Å². The summed E-state index contributed by atoms with van der Waals surface area (Å²) < 4.78 is 29.4. The van der Waals surface area contributed by atoms with Gasteiger partial charge in [0.05, 0.1) is 0 Å². The van der Waals surface area contributed by atoms with E-state index in [1.807, 2.05) is 58.9 Å². The predicted molar refractivity (Wildman–Crippen MR) is 117 cm³/mol. The van der Waals surface area contributed by atoms with Gasteiger partial charge in [0.15, 0.2) is 0 Å². The Bertz CT molecular complexity index is 742. The van der Waals surface area contributed by atoms with Crippen LogP contribution in [0.25, 0.3) is 0 Å². The summed E-state index contributed by atoms with van der Waals surface area (Å²) in [4.78, 5) is 12.5. The van der Waals surface area contributed by atoms with Crippen molar-refractivity contribution in [2.75, 3.05) is 26.2 Å². The number of hydrogen-bond donors (Lipinski definition) is 1. The average molecular weight is 424 g/mol. The van der Waals surface area contributed by atoms with Crippen LogP contribution < -0.4 is 5.32 Å². The first kappa shape index (κ1) is 23.8. The first-order valence-corrected chi connectivity index (χ1v) is 12.1. The van der Waals surface area contributed by atoms with Crippen molar-refractivity contribution in [2.24, 2.45) is 17.8 Å². The Balaban J connectivity index is 1.90. The molecule has 29 heavy (non-hydrogen) atoms. The van der Waals surface area contributed by atoms with Crippen molar-refractivity contribution in [1.29, 1.82) is 0 Å². The van der Waals surface area contributed by atoms with Gasteiger partial charge < -0.3 is 5.32 Å². The van der Waals surface area contributed by atoms with Crippen molar-refractivity contribution in [1.82, 2.24) is 13.9 Å². The molecule has 1 aromatic rings. The molecule has 0 unspecified atom stereocenters. The van der Waals surface area contributed by atoms with Crippen LogP contribution in [-0.4, -0.2) is 49.1 Å². The van der Waals surface area contributed by atoms with Crippen LogP contribution in [0.5, 0.6) is 0 Å². The van der Waals surface area contributed by atoms with Gasteiger partial charge in [-0.15, -0.1) is 0 Å². The molecule has 1 aliphatic heterocycles. The molecule has 2 rings (SSSR count). The van der Waals surface area contributed by atoms with Gasteiger partial charge in [-0.1, -0.05) is 57.5 Å². The zero-order chi connectivity index (χ0) is 21.6. The van der Waals surface area contributed by atoms with E-state index in [2.05, 4.69) is 5.32 Å². The topological polar surface area (TPSA) is 69.7 Å². The smallest absolute Gasteiger partial charge is 0.281 e. The van der Waals surface area contributed by atoms with Crippen LogP contribution in [0.3, 0.4) is 0 Å². The lowest BCUT2D eigenvalue weighted by atomic mass is 9.97. The van der Waals surface area contributed by atoms with Gasteiger partial charge in [0.1, 0.15) is 0 Å². The van der Waals surface area contributed by atoms with Crippen LogP contribution in [0.2, 0.25) is 0 Å². The minimum absolute atomic E-state index is 0.0174. The SMILES string of the molecule is Cc1ccc(CNC(=O)C2CCN(S(=O)(=O)N(CC(C)C)CC(C)C)CC2)cc1. The van der Waals surface area contributed by atoms with Crippen LogP contribution in [0, 0.1) is 24.7 Å². The molecule has 1 aliphatic rings. The van der Waals surface area contributed by atoms with E-state index in [-0.39, 0.29) is 23.7 Å². The number of nitrogens with one attached hydrogen (secondary N) is 1. The van der Waals surface area contributed by atoms with Gasteiger partial charge in [0.2, 0.25) is 5.91 Å². The molecule has 164 valence electrons. The van der Waals surface area contributed by atoms with E-state index >= 15 is 0 Å². The van der Waals surface area contributed by atoms with Gasteiger partial charge in [0.25, 0.3) is 10.2 Å². The third-order valence-electron chi connectivity index (χ3n) is 5.20. The minimum atomic E-state index is -3.49. The fourth-order valence-electron chi connectivity index (χ4n) is 3.63. The molecule has 0 aromatic heterocycles. The summed E-state index contributed by atoms with van der Waals surface area (Å²) in [6.45, 7) is 12.5. The van der Waals surface area contributed by atoms with Crippen molar-refractivity contribution in [3.8, 4) is 0 Å². The Morgan fingerprint density at radius 1 is 1.07 bits per heavy atom. The Hall–Kier alpha value is -1.44. The maximum atomic E-state index is 13.1. The number of carbonyl (C=O) groups is 1. The van der Waals surface area contributed by atoms with Crippen molar-refractivity contribution in [3.05, 3.63) is 35.4 Å². The zero-order valence-corrected chi connectivity index (χ0v) is 19.3. The molecule has 1 aromatic carbocycles. The standard InChI is InChI=1S/C22H37N3O3S/c1-17(2)15-25(16-18(3)4)29(27,28)24-12-10-21(11-13-24)22(26)23-14-20-8-6-19(5)7-9-20/h6-9,17-18,21H,10-16H2,1-5H3,(H,23,26). The molecule has 0 atom stereocenters. The van der Waals surface area contributed by atoms with E-state index < -0.39 is 10.2 Å². The maximum absolute atomic E-state index is 13.1. The number of hydrogen-bond acceptors (Lipinski definition) is 3. The third kappa shape index (κ3) is 7.08. The van der Waals surface area contributed by atoms with Crippen LogP contribution in [0.15, 0.2) is 24.3 Å². The highest BCUT2D eigenvalue weighted by Gasteiger charge is 2.35. The van der Waals surface area contributed by atoms with Crippen LogP contribution in [0.1, 0.15) is 51.7 Å². The number of rotatable bonds is 9. The maximum Gasteiger partial charge on any atom is 0.281 e. The number of benzene rings is 1. The van der Waals surface area contributed by atoms with E-state index in [9.17, 15) is 13.2 Å². The van der Waals surface area contributed by atoms with E-state index in [0.717, 1.165) is 5.56 Å². The molecular formula is C22H37N3O3S. The second-order valence-electron chi connectivity index (χ2n) is 8.99. The lowest BCUT2D eigenvalue weighted by Crippen LogP contribution is -2.50. The Labute approximate surface area is 176 Å². The lowest BCUT2D eigenvalue weighted by Gasteiger charge is -2.35. The number of nitrogens with zero attached hydrogens (tertiary/aromatic N) is 2. The summed E-state index contributed by atoms with van der Waals surface area (Å²) >= 11 is 0. The summed E-state index contributed by atoms with van der Waals surface area (Å²) in [6.07, 6.45) is 1.13. The molecule has 1 saturated heterocycles. The molecule has 0 spiro atoms. The quantitative estimate of drug-likeness (QED) is 0.663. The number of amides is 1. The number of aryl methyl sites for hydroxylation is 1. The third-order valence-corrected chi connectivity index (χ3v) is 7.17. The summed E-state index contributed by atoms with van der Waals surface area (Å²) in [5.74, 6) is 0.432. The second-order valence-corrected chi connectivity index (χ2v) is 10.9. The van der Waals surface area contributed by atoms with Crippen molar-refractivity contribution in [2.45, 2.75) is 54.0 Å². The molecule has 1 heterocycles. The van der Waals surface area contributed by atoms with Crippen molar-refractivity contribution < 1.29 is 13.2 Å². The van der Waals surface area contributed by atoms with Crippen molar-refractivity contribution in [3.63, 3.8) is 0 Å². The molecule has 0 bridgehead atoms. The number of carbonyl (C=O) groups excluding carboxylic acids is 1. The van der Waals surface area contributed by atoms with E-state index in [4.69, 9.17) is 0 Å². The normalized spacial score (nSPS) is 16.7. The molecule has 1 N–H and O–H groups in total. The molecule has 0 radical (unpaired) electrons. The lowest BCUT2D eigenvalue weighted by molar-refractivity contribution is -0.126. The van der Waals surface area contributed by atoms with Gasteiger partial charge in [-0.3, -0.25) is 4.79 Å². The Kier molecular flexibility index (Phi) is 8.67. The van der Waals surface area contributed by atoms with E-state index in [1.165, 1.54) is 5.56 Å². The Morgan fingerprint density at radius 2 is 1.59 bits per heavy atom. The minimum Gasteiger partial charge on any atom is -0.352 e. The highest BCUT2D eigenvalue weighted by molar-refractivity contribution is 7.86. The van der Waals surface area contributed by atoms with Gasteiger partial charge in [0, 0.05) is 38.6 Å². The Morgan fingerprint density at radius 3 is 2.07 bits per heavy atom. The van der Waals surface area contributed by atoms with Crippen LogP contribution in [-0.2, 0) is 21.5 Å². The summed E-state index contributed by atoms with van der Waals surface area (Å²) in [5, 5.41) is 3.00. The summed E-state index contributed by atoms with van der Waals surface area (Å²) in [5.41, 5.74) is 2.26. The molecule has 7 heteroatoms. The first-order chi connectivity index (χ1) is 13.6. The van der Waals surface area contributed by atoms with E-state index in [0.29, 0.717) is 45.6 Å². The highest BCUT2D eigenvalue weighted by Crippen LogP contribution is 2.23. The molecule has 0 aliphatic carbocycles.